The van der Waals surface area contributed by atoms with Gasteiger partial charge in [0.1, 0.15) is 5.82 Å². The van der Waals surface area contributed by atoms with Crippen molar-refractivity contribution in [1.82, 2.24) is 20.2 Å². The lowest BCUT2D eigenvalue weighted by atomic mass is 9.88. The zero-order chi connectivity index (χ0) is 26.6. The molecule has 0 aromatic carbocycles. The van der Waals surface area contributed by atoms with Gasteiger partial charge >= 0.3 is 12.2 Å². The molecule has 3 amide bonds. The van der Waals surface area contributed by atoms with Crippen LogP contribution in [0.25, 0.3) is 5.57 Å². The molecule has 206 valence electrons. The molecule has 0 spiro atoms. The zero-order valence-corrected chi connectivity index (χ0v) is 21.2. The first-order valence-electron chi connectivity index (χ1n) is 12.4. The van der Waals surface area contributed by atoms with Gasteiger partial charge < -0.3 is 10.2 Å². The topological polar surface area (TPSA) is 87.2 Å². The number of alkyl halides is 3. The summed E-state index contributed by atoms with van der Waals surface area (Å²) in [5.74, 6) is 0.187. The molecule has 1 atom stereocenters. The summed E-state index contributed by atoms with van der Waals surface area (Å²) >= 11 is 6.55. The van der Waals surface area contributed by atoms with E-state index in [-0.39, 0.29) is 37.7 Å². The molecule has 11 heteroatoms. The number of nitrogens with one attached hydrogen (secondary N) is 2. The van der Waals surface area contributed by atoms with Crippen molar-refractivity contribution in [2.24, 2.45) is 5.92 Å². The third-order valence-corrected chi connectivity index (χ3v) is 7.11. The maximum Gasteiger partial charge on any atom is 0.417 e. The van der Waals surface area contributed by atoms with Crippen molar-refractivity contribution in [2.75, 3.05) is 18.4 Å². The molecule has 7 nitrogen and oxygen atoms in total. The molecule has 1 aliphatic carbocycles. The molecule has 1 saturated carbocycles. The van der Waals surface area contributed by atoms with Gasteiger partial charge in [-0.2, -0.15) is 13.2 Å². The number of nitrogens with zero attached hydrogens (tertiary/aromatic N) is 3. The van der Waals surface area contributed by atoms with Crippen LogP contribution in [-0.2, 0) is 11.0 Å². The van der Waals surface area contributed by atoms with Crippen LogP contribution in [0.1, 0.15) is 75.7 Å². The number of pyridine rings is 2. The summed E-state index contributed by atoms with van der Waals surface area (Å²) in [6.07, 6.45) is 5.50. The average molecular weight is 552 g/mol. The fourth-order valence-electron chi connectivity index (χ4n) is 4.60. The van der Waals surface area contributed by atoms with Crippen molar-refractivity contribution in [3.05, 3.63) is 58.5 Å². The van der Waals surface area contributed by atoms with Crippen LogP contribution in [0.3, 0.4) is 0 Å². The summed E-state index contributed by atoms with van der Waals surface area (Å²) < 4.78 is 38.1. The molecule has 38 heavy (non-hydrogen) atoms. The second kappa shape index (κ2) is 12.6. The van der Waals surface area contributed by atoms with Crippen molar-refractivity contribution in [3.8, 4) is 0 Å². The van der Waals surface area contributed by atoms with E-state index in [9.17, 15) is 22.8 Å². The fourth-order valence-corrected chi connectivity index (χ4v) is 4.89. The average Bonchev–Trinajstić information content (AvgIpc) is 2.89. The molecule has 1 fully saturated rings. The Morgan fingerprint density at radius 3 is 2.45 bits per heavy atom. The number of halogens is 4. The fraction of sp³-hybridized carbons (Fsp3) is 0.481. The van der Waals surface area contributed by atoms with Gasteiger partial charge in [-0.1, -0.05) is 44.4 Å². The van der Waals surface area contributed by atoms with Gasteiger partial charge in [0.25, 0.3) is 0 Å². The minimum Gasteiger partial charge on any atom is -0.349 e. The number of aromatic nitrogens is 2. The smallest absolute Gasteiger partial charge is 0.349 e. The minimum atomic E-state index is -4.49. The van der Waals surface area contributed by atoms with E-state index in [1.165, 1.54) is 11.3 Å². The summed E-state index contributed by atoms with van der Waals surface area (Å²) in [6.45, 7) is 2.58. The SMILES string of the molecule is C.CC(NC(=O)C1CCCCC1)c1cnc(C2=CCN(C(=O)Nc3ccc(C(F)(F)F)cn3)CC2)c(Cl)c1. The molecule has 0 saturated heterocycles. The van der Waals surface area contributed by atoms with E-state index in [0.29, 0.717) is 29.9 Å². The summed E-state index contributed by atoms with van der Waals surface area (Å²) in [5.41, 5.74) is 1.46. The summed E-state index contributed by atoms with van der Waals surface area (Å²) in [4.78, 5) is 34.8. The lowest BCUT2D eigenvalue weighted by molar-refractivity contribution is -0.137. The Balaban J connectivity index is 0.00000400. The van der Waals surface area contributed by atoms with Crippen LogP contribution in [-0.4, -0.2) is 39.9 Å². The van der Waals surface area contributed by atoms with Crippen LogP contribution >= 0.6 is 11.6 Å². The molecular weight excluding hydrogens is 519 g/mol. The van der Waals surface area contributed by atoms with Gasteiger partial charge in [0.2, 0.25) is 5.91 Å². The van der Waals surface area contributed by atoms with E-state index in [2.05, 4.69) is 20.6 Å². The van der Waals surface area contributed by atoms with Gasteiger partial charge in [-0.3, -0.25) is 15.1 Å². The van der Waals surface area contributed by atoms with Crippen LogP contribution in [0.2, 0.25) is 5.02 Å². The molecule has 3 heterocycles. The lowest BCUT2D eigenvalue weighted by Gasteiger charge is -2.27. The lowest BCUT2D eigenvalue weighted by Crippen LogP contribution is -2.38. The Morgan fingerprint density at radius 1 is 1.13 bits per heavy atom. The van der Waals surface area contributed by atoms with Crippen LogP contribution in [0.5, 0.6) is 0 Å². The quantitative estimate of drug-likeness (QED) is 0.425. The standard InChI is InChI=1S/C26H29ClF3N5O2.CH4/c1-16(33-24(36)18-5-3-2-4-6-18)19-13-21(27)23(32-14-19)17-9-11-35(12-10-17)25(37)34-22-8-7-20(15-31-22)26(28,29)30;/h7-9,13-16,18H,2-6,10-12H2,1H3,(H,33,36)(H,31,34,37);1H4. The third kappa shape index (κ3) is 7.24. The van der Waals surface area contributed by atoms with E-state index < -0.39 is 17.8 Å². The number of urea groups is 1. The first-order valence-corrected chi connectivity index (χ1v) is 12.7. The van der Waals surface area contributed by atoms with Crippen molar-refractivity contribution < 1.29 is 22.8 Å². The van der Waals surface area contributed by atoms with Gasteiger partial charge in [-0.05, 0) is 55.5 Å². The van der Waals surface area contributed by atoms with E-state index in [1.807, 2.05) is 19.1 Å². The highest BCUT2D eigenvalue weighted by Crippen LogP contribution is 2.31. The van der Waals surface area contributed by atoms with Crippen LogP contribution in [0.4, 0.5) is 23.8 Å². The minimum absolute atomic E-state index is 0. The van der Waals surface area contributed by atoms with E-state index in [1.54, 1.807) is 6.20 Å². The Hall–Kier alpha value is -3.14. The van der Waals surface area contributed by atoms with Gasteiger partial charge in [-0.15, -0.1) is 0 Å². The second-order valence-corrected chi connectivity index (χ2v) is 9.86. The van der Waals surface area contributed by atoms with Crippen LogP contribution in [0, 0.1) is 5.92 Å². The third-order valence-electron chi connectivity index (χ3n) is 6.82. The van der Waals surface area contributed by atoms with Crippen molar-refractivity contribution >= 4 is 34.9 Å². The highest BCUT2D eigenvalue weighted by Gasteiger charge is 2.31. The molecule has 2 aliphatic rings. The summed E-state index contributed by atoms with van der Waals surface area (Å²) in [6, 6.07) is 3.13. The van der Waals surface area contributed by atoms with Crippen molar-refractivity contribution in [2.45, 2.75) is 65.1 Å². The number of hydrogen-bond acceptors (Lipinski definition) is 4. The van der Waals surface area contributed by atoms with E-state index in [0.717, 1.165) is 49.0 Å². The van der Waals surface area contributed by atoms with Crippen LogP contribution in [0.15, 0.2) is 36.7 Å². The summed E-state index contributed by atoms with van der Waals surface area (Å²) in [7, 11) is 0. The highest BCUT2D eigenvalue weighted by molar-refractivity contribution is 6.32. The zero-order valence-electron chi connectivity index (χ0n) is 20.4. The maximum absolute atomic E-state index is 12.7. The first kappa shape index (κ1) is 29.4. The number of amides is 3. The Labute approximate surface area is 225 Å². The van der Waals surface area contributed by atoms with Gasteiger partial charge in [0.15, 0.2) is 0 Å². The number of hydrogen-bond donors (Lipinski definition) is 2. The van der Waals surface area contributed by atoms with Crippen LogP contribution < -0.4 is 10.6 Å². The van der Waals surface area contributed by atoms with Gasteiger partial charge in [0.05, 0.1) is 22.3 Å². The number of anilines is 1. The summed E-state index contributed by atoms with van der Waals surface area (Å²) in [5, 5.41) is 6.06. The van der Waals surface area contributed by atoms with Crippen molar-refractivity contribution in [3.63, 3.8) is 0 Å². The predicted molar refractivity (Wildman–Crippen MR) is 142 cm³/mol. The Bertz CT molecular complexity index is 1160. The number of carbonyl (C=O) groups excluding carboxylic acids is 2. The normalized spacial score (nSPS) is 17.2. The molecule has 2 N–H and O–H groups in total. The number of carbonyl (C=O) groups is 2. The molecule has 4 rings (SSSR count). The molecule has 1 unspecified atom stereocenters. The molecular formula is C27H33ClF3N5O2. The highest BCUT2D eigenvalue weighted by atomic mass is 35.5. The Morgan fingerprint density at radius 2 is 1.87 bits per heavy atom. The Kier molecular flexibility index (Phi) is 9.76. The van der Waals surface area contributed by atoms with Gasteiger partial charge in [-0.25, -0.2) is 9.78 Å². The molecule has 2 aromatic rings. The van der Waals surface area contributed by atoms with E-state index in [4.69, 9.17) is 11.6 Å². The number of rotatable bonds is 5. The molecule has 0 bridgehead atoms. The maximum atomic E-state index is 12.7. The molecule has 0 radical (unpaired) electrons. The van der Waals surface area contributed by atoms with Crippen molar-refractivity contribution in [1.29, 1.82) is 0 Å². The first-order chi connectivity index (χ1) is 17.6. The monoisotopic (exact) mass is 551 g/mol. The second-order valence-electron chi connectivity index (χ2n) is 9.45. The molecule has 1 aliphatic heterocycles. The predicted octanol–water partition coefficient (Wildman–Crippen LogP) is 6.86. The van der Waals surface area contributed by atoms with E-state index >= 15 is 0 Å². The largest absolute Gasteiger partial charge is 0.417 e. The molecule has 2 aromatic heterocycles. The van der Waals surface area contributed by atoms with Gasteiger partial charge in [0, 0.05) is 31.4 Å².